The summed E-state index contributed by atoms with van der Waals surface area (Å²) in [5, 5.41) is 29.5. The van der Waals surface area contributed by atoms with Crippen LogP contribution in [0.2, 0.25) is 5.15 Å². The molecule has 0 aliphatic carbocycles. The number of phenols is 2. The van der Waals surface area contributed by atoms with E-state index in [9.17, 15) is 15.3 Å². The number of anilines is 2. The number of aromatic nitrogens is 2. The van der Waals surface area contributed by atoms with Gasteiger partial charge in [-0.15, -0.1) is 0 Å². The van der Waals surface area contributed by atoms with Crippen molar-refractivity contribution < 1.29 is 15.3 Å². The van der Waals surface area contributed by atoms with Crippen molar-refractivity contribution in [2.45, 2.75) is 19.4 Å². The fourth-order valence-electron chi connectivity index (χ4n) is 2.95. The number of phenolic OH excluding ortho intramolecular Hbond substituents is 2. The molecule has 2 heterocycles. The molecule has 128 valence electrons. The lowest BCUT2D eigenvalue weighted by Gasteiger charge is -2.22. The van der Waals surface area contributed by atoms with Gasteiger partial charge in [-0.2, -0.15) is 4.98 Å². The van der Waals surface area contributed by atoms with E-state index in [-0.39, 0.29) is 35.1 Å². The zero-order chi connectivity index (χ0) is 17.6. The number of nitrogens with two attached hydrogens (primary N) is 1. The van der Waals surface area contributed by atoms with E-state index in [1.54, 1.807) is 6.92 Å². The van der Waals surface area contributed by atoms with E-state index >= 15 is 0 Å². The highest BCUT2D eigenvalue weighted by Gasteiger charge is 2.33. The van der Waals surface area contributed by atoms with Crippen LogP contribution in [0.15, 0.2) is 10.5 Å². The molecule has 2 aromatic rings. The number of aliphatic hydroxyl groups is 1. The lowest BCUT2D eigenvalue weighted by atomic mass is 10.1. The lowest BCUT2D eigenvalue weighted by molar-refractivity contribution is 0.270. The molecule has 0 radical (unpaired) electrons. The number of nitrogen functional groups attached to an aromatic ring is 1. The van der Waals surface area contributed by atoms with E-state index in [2.05, 4.69) is 25.9 Å². The Morgan fingerprint density at radius 3 is 2.79 bits per heavy atom. The molecule has 1 unspecified atom stereocenters. The Morgan fingerprint density at radius 2 is 2.12 bits per heavy atom. The summed E-state index contributed by atoms with van der Waals surface area (Å²) < 4.78 is 0.664. The topological polar surface area (TPSA) is 116 Å². The van der Waals surface area contributed by atoms with Crippen molar-refractivity contribution >= 4 is 39.3 Å². The summed E-state index contributed by atoms with van der Waals surface area (Å²) in [7, 11) is 0. The number of aromatic hydroxyl groups is 2. The van der Waals surface area contributed by atoms with E-state index in [1.165, 1.54) is 6.07 Å². The molecule has 7 nitrogen and oxygen atoms in total. The summed E-state index contributed by atoms with van der Waals surface area (Å²) in [6.45, 7) is 2.53. The fraction of sp³-hybridized carbons (Fsp3) is 0.333. The smallest absolute Gasteiger partial charge is 0.223 e. The van der Waals surface area contributed by atoms with E-state index in [0.29, 0.717) is 34.5 Å². The third-order valence-corrected chi connectivity index (χ3v) is 5.21. The van der Waals surface area contributed by atoms with E-state index in [4.69, 9.17) is 17.3 Å². The largest absolute Gasteiger partial charge is 0.504 e. The first kappa shape index (κ1) is 17.1. The number of aliphatic hydroxyl groups excluding tert-OH is 1. The maximum Gasteiger partial charge on any atom is 0.223 e. The molecule has 0 fully saturated rings. The Labute approximate surface area is 151 Å². The van der Waals surface area contributed by atoms with Crippen LogP contribution < -0.4 is 10.6 Å². The van der Waals surface area contributed by atoms with Crippen molar-refractivity contribution in [1.82, 2.24) is 9.97 Å². The zero-order valence-corrected chi connectivity index (χ0v) is 15.1. The Balaban J connectivity index is 2.04. The summed E-state index contributed by atoms with van der Waals surface area (Å²) in [6.07, 6.45) is 0. The van der Waals surface area contributed by atoms with Gasteiger partial charge in [-0.05, 0) is 18.6 Å². The third-order valence-electron chi connectivity index (χ3n) is 4.22. The number of fused-ring (bicyclic) bond motifs is 1. The van der Waals surface area contributed by atoms with E-state index < -0.39 is 0 Å². The first-order valence-corrected chi connectivity index (χ1v) is 8.39. The van der Waals surface area contributed by atoms with Gasteiger partial charge < -0.3 is 26.0 Å². The van der Waals surface area contributed by atoms with Crippen LogP contribution in [0, 0.1) is 6.92 Å². The Morgan fingerprint density at radius 1 is 1.42 bits per heavy atom. The summed E-state index contributed by atoms with van der Waals surface area (Å²) in [5.74, 6) is 0.0781. The number of hydrogen-bond donors (Lipinski definition) is 4. The van der Waals surface area contributed by atoms with Crippen LogP contribution in [0.5, 0.6) is 11.5 Å². The van der Waals surface area contributed by atoms with Gasteiger partial charge in [-0.1, -0.05) is 27.5 Å². The van der Waals surface area contributed by atoms with Crippen LogP contribution in [-0.4, -0.2) is 38.4 Å². The molecule has 1 aromatic heterocycles. The van der Waals surface area contributed by atoms with Gasteiger partial charge in [0.2, 0.25) is 5.95 Å². The number of halogens is 2. The monoisotopic (exact) mass is 414 g/mol. The average Bonchev–Trinajstić information content (AvgIpc) is 2.87. The minimum Gasteiger partial charge on any atom is -0.504 e. The molecule has 9 heteroatoms. The molecule has 0 amide bonds. The Hall–Kier alpha value is -1.77. The van der Waals surface area contributed by atoms with E-state index in [0.717, 1.165) is 5.56 Å². The molecule has 0 spiro atoms. The second kappa shape index (κ2) is 6.27. The molecule has 0 saturated heterocycles. The minimum atomic E-state index is -0.210. The second-order valence-electron chi connectivity index (χ2n) is 5.70. The molecule has 0 saturated carbocycles. The number of nitrogens with zero attached hydrogens (tertiary/aromatic N) is 3. The standard InChI is InChI=1S/C15H16BrClN4O3/c1-6-8(9(16)2-10(23)12(6)24)4-21-3-7(5-22)11-13(17)19-15(18)20-14(11)21/h2,7,22-24H,3-5H2,1H3,(H2,18,19,20). The highest BCUT2D eigenvalue weighted by Crippen LogP contribution is 2.42. The maximum atomic E-state index is 9.97. The summed E-state index contributed by atoms with van der Waals surface area (Å²) in [6, 6.07) is 1.44. The molecular weight excluding hydrogens is 400 g/mol. The summed E-state index contributed by atoms with van der Waals surface area (Å²) >= 11 is 9.58. The van der Waals surface area contributed by atoms with Crippen LogP contribution in [0.1, 0.15) is 22.6 Å². The predicted octanol–water partition coefficient (Wildman–Crippen LogP) is 2.29. The number of hydrogen-bond acceptors (Lipinski definition) is 7. The van der Waals surface area contributed by atoms with Crippen LogP contribution in [0.3, 0.4) is 0 Å². The molecule has 1 aliphatic heterocycles. The van der Waals surface area contributed by atoms with Gasteiger partial charge in [-0.3, -0.25) is 0 Å². The van der Waals surface area contributed by atoms with Gasteiger partial charge >= 0.3 is 0 Å². The zero-order valence-electron chi connectivity index (χ0n) is 12.8. The summed E-state index contributed by atoms with van der Waals surface area (Å²) in [4.78, 5) is 10.1. The van der Waals surface area contributed by atoms with Gasteiger partial charge in [0.25, 0.3) is 0 Å². The Kier molecular flexibility index (Phi) is 4.46. The molecule has 5 N–H and O–H groups in total. The second-order valence-corrected chi connectivity index (χ2v) is 6.91. The Bertz CT molecular complexity index is 818. The van der Waals surface area contributed by atoms with Gasteiger partial charge in [0.15, 0.2) is 11.5 Å². The van der Waals surface area contributed by atoms with Crippen molar-refractivity contribution in [3.8, 4) is 11.5 Å². The van der Waals surface area contributed by atoms with Crippen LogP contribution in [0.25, 0.3) is 0 Å². The van der Waals surface area contributed by atoms with Crippen LogP contribution in [-0.2, 0) is 6.54 Å². The first-order valence-electron chi connectivity index (χ1n) is 7.22. The molecule has 24 heavy (non-hydrogen) atoms. The number of benzene rings is 1. The maximum absolute atomic E-state index is 9.97. The third kappa shape index (κ3) is 2.74. The quantitative estimate of drug-likeness (QED) is 0.449. The SMILES string of the molecule is Cc1c(O)c(O)cc(Br)c1CN1CC(CO)c2c(Cl)nc(N)nc21. The molecule has 1 aliphatic rings. The summed E-state index contributed by atoms with van der Waals surface area (Å²) in [5.41, 5.74) is 7.73. The van der Waals surface area contributed by atoms with Crippen LogP contribution in [0.4, 0.5) is 11.8 Å². The van der Waals surface area contributed by atoms with Gasteiger partial charge in [0.05, 0.1) is 6.61 Å². The van der Waals surface area contributed by atoms with Crippen molar-refractivity contribution in [1.29, 1.82) is 0 Å². The molecule has 1 atom stereocenters. The van der Waals surface area contributed by atoms with Gasteiger partial charge in [0, 0.05) is 34.6 Å². The first-order chi connectivity index (χ1) is 11.3. The van der Waals surface area contributed by atoms with Gasteiger partial charge in [-0.25, -0.2) is 4.98 Å². The van der Waals surface area contributed by atoms with Crippen molar-refractivity contribution in [2.75, 3.05) is 23.8 Å². The van der Waals surface area contributed by atoms with Crippen molar-refractivity contribution in [3.63, 3.8) is 0 Å². The fourth-order valence-corrected chi connectivity index (χ4v) is 3.91. The lowest BCUT2D eigenvalue weighted by Crippen LogP contribution is -2.23. The highest BCUT2D eigenvalue weighted by molar-refractivity contribution is 9.10. The predicted molar refractivity (Wildman–Crippen MR) is 94.5 cm³/mol. The average molecular weight is 416 g/mol. The minimum absolute atomic E-state index is 0.0617. The molecule has 0 bridgehead atoms. The number of rotatable bonds is 3. The van der Waals surface area contributed by atoms with Gasteiger partial charge in [0.1, 0.15) is 11.0 Å². The molecular formula is C15H16BrClN4O3. The highest BCUT2D eigenvalue weighted by atomic mass is 79.9. The normalized spacial score (nSPS) is 16.5. The van der Waals surface area contributed by atoms with Crippen molar-refractivity contribution in [3.05, 3.63) is 32.4 Å². The molecule has 1 aromatic carbocycles. The van der Waals surface area contributed by atoms with Crippen molar-refractivity contribution in [2.24, 2.45) is 0 Å². The van der Waals surface area contributed by atoms with Crippen LogP contribution >= 0.6 is 27.5 Å². The molecule has 3 rings (SSSR count). The van der Waals surface area contributed by atoms with E-state index in [1.807, 2.05) is 4.90 Å².